The van der Waals surface area contributed by atoms with Crippen LogP contribution in [0, 0.1) is 17.3 Å². The Morgan fingerprint density at radius 3 is 2.63 bits per heavy atom. The van der Waals surface area contributed by atoms with E-state index in [1.165, 1.54) is 6.33 Å². The van der Waals surface area contributed by atoms with Gasteiger partial charge in [-0.2, -0.15) is 13.2 Å². The van der Waals surface area contributed by atoms with Crippen molar-refractivity contribution in [2.75, 3.05) is 44.2 Å². The Balaban J connectivity index is 1.30. The van der Waals surface area contributed by atoms with Gasteiger partial charge in [-0.05, 0) is 24.3 Å². The molecule has 0 saturated carbocycles. The summed E-state index contributed by atoms with van der Waals surface area (Å²) in [5.74, 6) is 2.19. The Morgan fingerprint density at radius 1 is 1.23 bits per heavy atom. The van der Waals surface area contributed by atoms with Crippen LogP contribution in [0.3, 0.4) is 0 Å². The van der Waals surface area contributed by atoms with Gasteiger partial charge in [0.25, 0.3) is 0 Å². The molecule has 0 aliphatic carbocycles. The van der Waals surface area contributed by atoms with Gasteiger partial charge in [-0.3, -0.25) is 4.90 Å². The summed E-state index contributed by atoms with van der Waals surface area (Å²) in [6.45, 7) is 10.9. The molecule has 1 spiro atoms. The van der Waals surface area contributed by atoms with Gasteiger partial charge >= 0.3 is 6.18 Å². The lowest BCUT2D eigenvalue weighted by molar-refractivity contribution is -0.126. The van der Waals surface area contributed by atoms with Gasteiger partial charge in [-0.15, -0.1) is 11.3 Å². The van der Waals surface area contributed by atoms with Crippen molar-refractivity contribution < 1.29 is 13.2 Å². The van der Waals surface area contributed by atoms with E-state index in [0.717, 1.165) is 74.1 Å². The highest BCUT2D eigenvalue weighted by molar-refractivity contribution is 7.18. The van der Waals surface area contributed by atoms with Crippen LogP contribution in [0.15, 0.2) is 12.4 Å². The number of alkyl halides is 3. The molecule has 1 atom stereocenters. The lowest BCUT2D eigenvalue weighted by Crippen LogP contribution is -2.66. The fraction of sp³-hybridized carbons (Fsp3) is 0.714. The molecule has 3 saturated heterocycles. The molecular formula is C21H28F3N5S. The second-order valence-electron chi connectivity index (χ2n) is 9.65. The van der Waals surface area contributed by atoms with E-state index in [4.69, 9.17) is 0 Å². The monoisotopic (exact) mass is 439 g/mol. The highest BCUT2D eigenvalue weighted by Crippen LogP contribution is 2.45. The van der Waals surface area contributed by atoms with Gasteiger partial charge in [0.05, 0.1) is 11.8 Å². The van der Waals surface area contributed by atoms with Crippen molar-refractivity contribution >= 4 is 27.4 Å². The van der Waals surface area contributed by atoms with Crippen LogP contribution in [0.1, 0.15) is 25.1 Å². The van der Waals surface area contributed by atoms with Crippen LogP contribution >= 0.6 is 11.3 Å². The van der Waals surface area contributed by atoms with Crippen molar-refractivity contribution in [2.24, 2.45) is 17.3 Å². The largest absolute Gasteiger partial charge is 0.393 e. The number of nitrogens with zero attached hydrogens (tertiary/aromatic N) is 4. The standard InChI is InChI=1S/C21H28F3N5S/c1-13(2)17(14-7-25-8-14)29-10-20(11-29)3-4-28(9-20)18-16-5-15(6-21(22,23)24)30-19(16)27-12-26-18/h5,12-14,17,25H,3-4,6-11H2,1-2H3. The van der Waals surface area contributed by atoms with Crippen molar-refractivity contribution in [3.8, 4) is 0 Å². The van der Waals surface area contributed by atoms with Gasteiger partial charge < -0.3 is 10.2 Å². The zero-order valence-corrected chi connectivity index (χ0v) is 18.2. The zero-order valence-electron chi connectivity index (χ0n) is 17.4. The lowest BCUT2D eigenvalue weighted by atomic mass is 9.74. The van der Waals surface area contributed by atoms with Gasteiger partial charge in [-0.1, -0.05) is 13.8 Å². The highest BCUT2D eigenvalue weighted by Gasteiger charge is 2.51. The number of nitrogens with one attached hydrogen (secondary N) is 1. The summed E-state index contributed by atoms with van der Waals surface area (Å²) >= 11 is 1.12. The van der Waals surface area contributed by atoms with Crippen molar-refractivity contribution in [3.05, 3.63) is 17.3 Å². The number of hydrogen-bond donors (Lipinski definition) is 1. The van der Waals surface area contributed by atoms with E-state index in [1.807, 2.05) is 0 Å². The third-order valence-electron chi connectivity index (χ3n) is 6.95. The summed E-state index contributed by atoms with van der Waals surface area (Å²) in [6, 6.07) is 2.28. The first-order valence-electron chi connectivity index (χ1n) is 10.7. The molecule has 0 aromatic carbocycles. The molecule has 0 amide bonds. The first-order chi connectivity index (χ1) is 14.2. The molecule has 2 aromatic rings. The number of thiophene rings is 1. The summed E-state index contributed by atoms with van der Waals surface area (Å²) in [7, 11) is 0. The number of aromatic nitrogens is 2. The average molecular weight is 440 g/mol. The second kappa shape index (κ2) is 7.31. The van der Waals surface area contributed by atoms with Gasteiger partial charge in [-0.25, -0.2) is 9.97 Å². The first-order valence-corrected chi connectivity index (χ1v) is 11.5. The van der Waals surface area contributed by atoms with Gasteiger partial charge in [0.15, 0.2) is 0 Å². The molecular weight excluding hydrogens is 411 g/mol. The van der Waals surface area contributed by atoms with E-state index in [1.54, 1.807) is 6.07 Å². The molecule has 1 unspecified atom stereocenters. The molecule has 3 fully saturated rings. The van der Waals surface area contributed by atoms with E-state index in [0.29, 0.717) is 21.7 Å². The Kier molecular flexibility index (Phi) is 4.98. The smallest absolute Gasteiger partial charge is 0.355 e. The molecule has 1 N–H and O–H groups in total. The van der Waals surface area contributed by atoms with Crippen molar-refractivity contribution in [3.63, 3.8) is 0 Å². The van der Waals surface area contributed by atoms with Crippen LogP contribution in [0.5, 0.6) is 0 Å². The number of likely N-dealkylation sites (tertiary alicyclic amines) is 1. The van der Waals surface area contributed by atoms with Crippen LogP contribution in [-0.2, 0) is 6.42 Å². The summed E-state index contributed by atoms with van der Waals surface area (Å²) in [5.41, 5.74) is 0.284. The van der Waals surface area contributed by atoms with E-state index < -0.39 is 12.6 Å². The molecule has 9 heteroatoms. The maximum Gasteiger partial charge on any atom is 0.393 e. The molecule has 30 heavy (non-hydrogen) atoms. The first kappa shape index (κ1) is 20.5. The van der Waals surface area contributed by atoms with Crippen molar-refractivity contribution in [1.29, 1.82) is 0 Å². The van der Waals surface area contributed by atoms with Crippen LogP contribution in [-0.4, -0.2) is 66.4 Å². The normalized spacial score (nSPS) is 23.3. The number of anilines is 1. The van der Waals surface area contributed by atoms with Crippen molar-refractivity contribution in [1.82, 2.24) is 20.2 Å². The minimum absolute atomic E-state index is 0.284. The Morgan fingerprint density at radius 2 is 2.00 bits per heavy atom. The van der Waals surface area contributed by atoms with E-state index in [2.05, 4.69) is 38.9 Å². The topological polar surface area (TPSA) is 44.3 Å². The Labute approximate surface area is 178 Å². The molecule has 5 rings (SSSR count). The molecule has 5 heterocycles. The molecule has 5 nitrogen and oxygen atoms in total. The SMILES string of the molecule is CC(C)C(C1CNC1)N1CC2(CCN(c3ncnc4sc(CC(F)(F)F)cc34)C2)C1. The number of halogens is 3. The lowest BCUT2D eigenvalue weighted by Gasteiger charge is -2.56. The second-order valence-corrected chi connectivity index (χ2v) is 10.8. The van der Waals surface area contributed by atoms with Gasteiger partial charge in [0.1, 0.15) is 17.0 Å². The fourth-order valence-corrected chi connectivity index (χ4v) is 6.67. The van der Waals surface area contributed by atoms with Gasteiger partial charge in [0, 0.05) is 55.6 Å². The Hall–Kier alpha value is -1.45. The Bertz CT molecular complexity index is 917. The maximum absolute atomic E-state index is 12.8. The van der Waals surface area contributed by atoms with Crippen LogP contribution in [0.2, 0.25) is 0 Å². The maximum atomic E-state index is 12.8. The summed E-state index contributed by atoms with van der Waals surface area (Å²) in [6.07, 6.45) is -2.51. The van der Waals surface area contributed by atoms with Crippen LogP contribution in [0.25, 0.3) is 10.2 Å². The summed E-state index contributed by atoms with van der Waals surface area (Å²) in [5, 5.41) is 4.16. The minimum Gasteiger partial charge on any atom is -0.355 e. The summed E-state index contributed by atoms with van der Waals surface area (Å²) in [4.78, 5) is 14.6. The molecule has 3 aliphatic rings. The molecule has 164 valence electrons. The van der Waals surface area contributed by atoms with Crippen LogP contribution < -0.4 is 10.2 Å². The van der Waals surface area contributed by atoms with Crippen molar-refractivity contribution in [2.45, 2.75) is 38.9 Å². The van der Waals surface area contributed by atoms with Crippen LogP contribution in [0.4, 0.5) is 19.0 Å². The van der Waals surface area contributed by atoms with E-state index >= 15 is 0 Å². The number of rotatable bonds is 5. The molecule has 0 bridgehead atoms. The predicted octanol–water partition coefficient (Wildman–Crippen LogP) is 3.55. The number of hydrogen-bond acceptors (Lipinski definition) is 6. The molecule has 3 aliphatic heterocycles. The fourth-order valence-electron chi connectivity index (χ4n) is 5.65. The predicted molar refractivity (Wildman–Crippen MR) is 113 cm³/mol. The third kappa shape index (κ3) is 3.69. The third-order valence-corrected chi connectivity index (χ3v) is 7.99. The molecule has 0 radical (unpaired) electrons. The van der Waals surface area contributed by atoms with E-state index in [9.17, 15) is 13.2 Å². The number of fused-ring (bicyclic) bond motifs is 1. The molecule has 2 aromatic heterocycles. The highest BCUT2D eigenvalue weighted by atomic mass is 32.1. The quantitative estimate of drug-likeness (QED) is 0.772. The average Bonchev–Trinajstić information content (AvgIpc) is 3.18. The summed E-state index contributed by atoms with van der Waals surface area (Å²) < 4.78 is 38.5. The van der Waals surface area contributed by atoms with Gasteiger partial charge in [0.2, 0.25) is 0 Å². The zero-order chi connectivity index (χ0) is 21.1. The van der Waals surface area contributed by atoms with E-state index in [-0.39, 0.29) is 5.41 Å². The minimum atomic E-state index is -4.20.